The van der Waals surface area contributed by atoms with E-state index in [1.54, 1.807) is 0 Å². The molecule has 320 valence electrons. The van der Waals surface area contributed by atoms with Crippen LogP contribution in [0.2, 0.25) is 0 Å². The summed E-state index contributed by atoms with van der Waals surface area (Å²) in [7, 11) is 0. The summed E-state index contributed by atoms with van der Waals surface area (Å²) in [6.07, 6.45) is 0. The number of nitrogens with zero attached hydrogens (tertiary/aromatic N) is 2. The van der Waals surface area contributed by atoms with Crippen LogP contribution in [0.5, 0.6) is 0 Å². The number of hydrogen-bond acceptors (Lipinski definition) is 0. The molecule has 0 saturated carbocycles. The number of para-hydroxylation sites is 3. The molecule has 15 rings (SSSR count). The Morgan fingerprint density at radius 1 is 0.217 bits per heavy atom. The standard InChI is InChI=1S/C67H42N2/c1-41-34-49(48-17-10-16-47(36-48)46-15-9-14-45(35-46)44-26-24-43(25-27-44)42-12-3-2-4-13-42)28-31-53(41)52-39-60-55-19-6-8-23-63(55)69-65-33-30-51(38-59(65)61(40-52)67(60)69)50-29-32-64-58(37-50)57-21-11-20-56-54-18-5-7-22-62(54)68(64)66(56)57/h2-40H,1H3. The minimum atomic E-state index is 1.21. The summed E-state index contributed by atoms with van der Waals surface area (Å²) in [5.74, 6) is 0. The zero-order valence-corrected chi connectivity index (χ0v) is 37.9. The van der Waals surface area contributed by atoms with E-state index in [9.17, 15) is 0 Å². The number of rotatable bonds is 6. The van der Waals surface area contributed by atoms with E-state index in [-0.39, 0.29) is 0 Å². The minimum absolute atomic E-state index is 1.21. The van der Waals surface area contributed by atoms with Gasteiger partial charge in [-0.1, -0.05) is 176 Å². The zero-order chi connectivity index (χ0) is 45.3. The van der Waals surface area contributed by atoms with Crippen LogP contribution in [0.1, 0.15) is 5.56 Å². The minimum Gasteiger partial charge on any atom is -0.308 e. The molecule has 2 nitrogen and oxygen atoms in total. The molecule has 69 heavy (non-hydrogen) atoms. The Hall–Kier alpha value is -8.98. The fourth-order valence-corrected chi connectivity index (χ4v) is 11.9. The Balaban J connectivity index is 0.809. The molecule has 0 amide bonds. The van der Waals surface area contributed by atoms with Gasteiger partial charge < -0.3 is 8.80 Å². The van der Waals surface area contributed by atoms with E-state index in [0.717, 1.165) is 0 Å². The smallest absolute Gasteiger partial charge is 0.0620 e. The van der Waals surface area contributed by atoms with Gasteiger partial charge in [-0.05, 0) is 140 Å². The number of hydrogen-bond donors (Lipinski definition) is 0. The molecular weight excluding hydrogens is 833 g/mol. The second-order valence-electron chi connectivity index (χ2n) is 18.9. The molecule has 2 heteroatoms. The van der Waals surface area contributed by atoms with Gasteiger partial charge in [0.15, 0.2) is 0 Å². The van der Waals surface area contributed by atoms with Crippen LogP contribution in [0.4, 0.5) is 0 Å². The van der Waals surface area contributed by atoms with Crippen LogP contribution >= 0.6 is 0 Å². The Labute approximate surface area is 398 Å². The molecule has 0 atom stereocenters. The maximum absolute atomic E-state index is 2.49. The lowest BCUT2D eigenvalue weighted by molar-refractivity contribution is 1.37. The molecule has 0 aliphatic heterocycles. The number of aromatic nitrogens is 2. The van der Waals surface area contributed by atoms with Gasteiger partial charge in [0.05, 0.1) is 33.1 Å². The third-order valence-electron chi connectivity index (χ3n) is 15.1. The third-order valence-corrected chi connectivity index (χ3v) is 15.1. The molecule has 0 spiro atoms. The van der Waals surface area contributed by atoms with Crippen molar-refractivity contribution in [1.82, 2.24) is 8.80 Å². The highest BCUT2D eigenvalue weighted by Crippen LogP contribution is 2.45. The average molecular weight is 875 g/mol. The van der Waals surface area contributed by atoms with Crippen molar-refractivity contribution in [1.29, 1.82) is 0 Å². The topological polar surface area (TPSA) is 8.82 Å². The lowest BCUT2D eigenvalue weighted by Crippen LogP contribution is -1.87. The van der Waals surface area contributed by atoms with Crippen LogP contribution < -0.4 is 0 Å². The number of fused-ring (bicyclic) bond motifs is 12. The Kier molecular flexibility index (Phi) is 8.02. The maximum atomic E-state index is 2.49. The summed E-state index contributed by atoms with van der Waals surface area (Å²) < 4.78 is 4.95. The van der Waals surface area contributed by atoms with Crippen molar-refractivity contribution >= 4 is 76.2 Å². The molecular formula is C67H42N2. The lowest BCUT2D eigenvalue weighted by atomic mass is 9.92. The second-order valence-corrected chi connectivity index (χ2v) is 18.9. The normalized spacial score (nSPS) is 12.1. The highest BCUT2D eigenvalue weighted by atomic mass is 14.9. The predicted molar refractivity (Wildman–Crippen MR) is 293 cm³/mol. The van der Waals surface area contributed by atoms with Gasteiger partial charge in [-0.3, -0.25) is 0 Å². The van der Waals surface area contributed by atoms with E-state index in [1.807, 2.05) is 0 Å². The largest absolute Gasteiger partial charge is 0.308 e. The maximum Gasteiger partial charge on any atom is 0.0620 e. The van der Waals surface area contributed by atoms with Crippen LogP contribution in [0, 0.1) is 6.92 Å². The van der Waals surface area contributed by atoms with Crippen LogP contribution in [-0.4, -0.2) is 8.80 Å². The van der Waals surface area contributed by atoms with E-state index in [0.29, 0.717) is 0 Å². The van der Waals surface area contributed by atoms with E-state index in [2.05, 4.69) is 252 Å². The van der Waals surface area contributed by atoms with Gasteiger partial charge in [-0.25, -0.2) is 0 Å². The molecule has 0 fully saturated rings. The number of aryl methyl sites for hydroxylation is 1. The van der Waals surface area contributed by atoms with E-state index in [4.69, 9.17) is 0 Å². The second kappa shape index (κ2) is 14.5. The van der Waals surface area contributed by atoms with Crippen molar-refractivity contribution in [3.63, 3.8) is 0 Å². The molecule has 15 aromatic rings. The SMILES string of the molecule is Cc1cc(-c2cccc(-c3cccc(-c4ccc(-c5ccccc5)cc4)c3)c2)ccc1-c1cc2c3ccccc3n3c4ccc(-c5ccc6c(c5)c5cccc7c8ccccc8n6c75)cc4c(c1)c23. The van der Waals surface area contributed by atoms with Gasteiger partial charge in [0, 0.05) is 43.1 Å². The fourth-order valence-electron chi connectivity index (χ4n) is 11.9. The highest BCUT2D eigenvalue weighted by molar-refractivity contribution is 6.26. The summed E-state index contributed by atoms with van der Waals surface area (Å²) >= 11 is 0. The quantitative estimate of drug-likeness (QED) is 0.157. The average Bonchev–Trinajstić information content (AvgIpc) is 4.15. The van der Waals surface area contributed by atoms with Crippen molar-refractivity contribution in [3.05, 3.63) is 242 Å². The zero-order valence-electron chi connectivity index (χ0n) is 37.9. The van der Waals surface area contributed by atoms with E-state index in [1.165, 1.54) is 149 Å². The summed E-state index contributed by atoms with van der Waals surface area (Å²) in [6, 6.07) is 87.9. The summed E-state index contributed by atoms with van der Waals surface area (Å²) in [5.41, 5.74) is 23.6. The van der Waals surface area contributed by atoms with Crippen molar-refractivity contribution in [2.45, 2.75) is 6.92 Å². The molecule has 0 aliphatic carbocycles. The van der Waals surface area contributed by atoms with Gasteiger partial charge in [0.2, 0.25) is 0 Å². The molecule has 0 radical (unpaired) electrons. The summed E-state index contributed by atoms with van der Waals surface area (Å²) in [4.78, 5) is 0. The van der Waals surface area contributed by atoms with Crippen molar-refractivity contribution in [2.75, 3.05) is 0 Å². The molecule has 0 bridgehead atoms. The molecule has 4 aromatic heterocycles. The summed E-state index contributed by atoms with van der Waals surface area (Å²) in [5, 5.41) is 10.4. The van der Waals surface area contributed by atoms with Gasteiger partial charge in [0.1, 0.15) is 0 Å². The first-order chi connectivity index (χ1) is 34.1. The Bertz CT molecular complexity index is 4530. The first kappa shape index (κ1) is 38.2. The molecule has 0 saturated heterocycles. The molecule has 0 N–H and O–H groups in total. The lowest BCUT2D eigenvalue weighted by Gasteiger charge is -2.12. The van der Waals surface area contributed by atoms with Gasteiger partial charge in [-0.2, -0.15) is 0 Å². The highest BCUT2D eigenvalue weighted by Gasteiger charge is 2.21. The first-order valence-corrected chi connectivity index (χ1v) is 24.0. The molecule has 4 heterocycles. The van der Waals surface area contributed by atoms with Crippen molar-refractivity contribution in [3.8, 4) is 66.8 Å². The first-order valence-electron chi connectivity index (χ1n) is 24.0. The van der Waals surface area contributed by atoms with Crippen LogP contribution in [0.15, 0.2) is 237 Å². The predicted octanol–water partition coefficient (Wildman–Crippen LogP) is 18.3. The van der Waals surface area contributed by atoms with Crippen LogP contribution in [0.25, 0.3) is 143 Å². The van der Waals surface area contributed by atoms with Crippen molar-refractivity contribution in [2.24, 2.45) is 0 Å². The van der Waals surface area contributed by atoms with Gasteiger partial charge >= 0.3 is 0 Å². The van der Waals surface area contributed by atoms with Gasteiger partial charge in [0.25, 0.3) is 0 Å². The Morgan fingerprint density at radius 3 is 1.17 bits per heavy atom. The number of benzene rings is 11. The third kappa shape index (κ3) is 5.67. The van der Waals surface area contributed by atoms with Crippen molar-refractivity contribution < 1.29 is 0 Å². The molecule has 0 aliphatic rings. The van der Waals surface area contributed by atoms with Gasteiger partial charge in [-0.15, -0.1) is 0 Å². The molecule has 11 aromatic carbocycles. The van der Waals surface area contributed by atoms with Crippen LogP contribution in [-0.2, 0) is 0 Å². The monoisotopic (exact) mass is 874 g/mol. The van der Waals surface area contributed by atoms with E-state index < -0.39 is 0 Å². The van der Waals surface area contributed by atoms with Crippen LogP contribution in [0.3, 0.4) is 0 Å². The summed E-state index contributed by atoms with van der Waals surface area (Å²) in [6.45, 7) is 2.27. The molecule has 0 unspecified atom stereocenters. The Morgan fingerprint density at radius 2 is 0.565 bits per heavy atom. The fraction of sp³-hybridized carbons (Fsp3) is 0.0149. The van der Waals surface area contributed by atoms with E-state index >= 15 is 0 Å².